The Kier molecular flexibility index (Phi) is 7.94. The lowest BCUT2D eigenvalue weighted by molar-refractivity contribution is -0.123. The van der Waals surface area contributed by atoms with Crippen LogP contribution in [0.2, 0.25) is 0 Å². The highest BCUT2D eigenvalue weighted by Crippen LogP contribution is 2.33. The molecule has 1 saturated heterocycles. The third-order valence-corrected chi connectivity index (χ3v) is 6.96. The number of anilines is 1. The van der Waals surface area contributed by atoms with Gasteiger partial charge in [-0.1, -0.05) is 66.2 Å². The molecule has 196 valence electrons. The van der Waals surface area contributed by atoms with Crippen molar-refractivity contribution in [2.75, 3.05) is 25.1 Å². The molecular weight excluding hydrogens is 512 g/mol. The standard InChI is InChI=1S/C31H26N2O5S/c1-21-12-14-24(15-13-21)32-29(34)20-38-25-9-4-6-22(18-25)19-28-30(35)33(31(36)39-28)16-17-37-27-11-5-8-23-7-2-3-10-26(23)27/h2-15,18-19H,16-17,20H2,1H3,(H,32,34)/b28-19-. The van der Waals surface area contributed by atoms with Crippen LogP contribution in [0.25, 0.3) is 16.8 Å². The summed E-state index contributed by atoms with van der Waals surface area (Å²) in [6, 6.07) is 28.2. The largest absolute Gasteiger partial charge is 0.491 e. The number of thioether (sulfide) groups is 1. The van der Waals surface area contributed by atoms with Crippen LogP contribution in [0.5, 0.6) is 11.5 Å². The molecule has 3 amide bonds. The minimum Gasteiger partial charge on any atom is -0.491 e. The van der Waals surface area contributed by atoms with Crippen LogP contribution in [0.1, 0.15) is 11.1 Å². The number of amides is 3. The van der Waals surface area contributed by atoms with E-state index < -0.39 is 0 Å². The van der Waals surface area contributed by atoms with E-state index in [0.717, 1.165) is 28.1 Å². The second-order valence-electron chi connectivity index (χ2n) is 8.93. The van der Waals surface area contributed by atoms with Crippen molar-refractivity contribution in [3.05, 3.63) is 107 Å². The van der Waals surface area contributed by atoms with E-state index in [4.69, 9.17) is 9.47 Å². The third kappa shape index (κ3) is 6.48. The maximum atomic E-state index is 12.9. The number of nitrogens with one attached hydrogen (secondary N) is 1. The van der Waals surface area contributed by atoms with E-state index in [0.29, 0.717) is 27.7 Å². The molecule has 0 aliphatic carbocycles. The van der Waals surface area contributed by atoms with Gasteiger partial charge >= 0.3 is 0 Å². The van der Waals surface area contributed by atoms with Crippen molar-refractivity contribution in [1.82, 2.24) is 4.90 Å². The lowest BCUT2D eigenvalue weighted by Crippen LogP contribution is -2.32. The lowest BCUT2D eigenvalue weighted by atomic mass is 10.1. The Morgan fingerprint density at radius 1 is 0.923 bits per heavy atom. The Morgan fingerprint density at radius 3 is 2.54 bits per heavy atom. The second-order valence-corrected chi connectivity index (χ2v) is 9.93. The molecule has 5 rings (SSSR count). The molecule has 0 aromatic heterocycles. The Hall–Kier alpha value is -4.56. The van der Waals surface area contributed by atoms with Crippen LogP contribution in [0.4, 0.5) is 10.5 Å². The highest BCUT2D eigenvalue weighted by Gasteiger charge is 2.34. The molecule has 0 atom stereocenters. The summed E-state index contributed by atoms with van der Waals surface area (Å²) in [5, 5.41) is 4.48. The lowest BCUT2D eigenvalue weighted by Gasteiger charge is -2.14. The molecule has 4 aromatic carbocycles. The van der Waals surface area contributed by atoms with Crippen LogP contribution in [0.3, 0.4) is 0 Å². The van der Waals surface area contributed by atoms with Crippen LogP contribution in [0, 0.1) is 6.92 Å². The first-order valence-corrected chi connectivity index (χ1v) is 13.2. The average molecular weight is 539 g/mol. The molecule has 39 heavy (non-hydrogen) atoms. The van der Waals surface area contributed by atoms with Crippen molar-refractivity contribution < 1.29 is 23.9 Å². The number of benzene rings is 4. The van der Waals surface area contributed by atoms with Gasteiger partial charge in [0.1, 0.15) is 18.1 Å². The van der Waals surface area contributed by atoms with Crippen molar-refractivity contribution >= 4 is 51.4 Å². The van der Waals surface area contributed by atoms with Crippen LogP contribution < -0.4 is 14.8 Å². The van der Waals surface area contributed by atoms with Gasteiger partial charge in [-0.25, -0.2) is 0 Å². The Morgan fingerprint density at radius 2 is 1.69 bits per heavy atom. The van der Waals surface area contributed by atoms with Crippen LogP contribution in [-0.2, 0) is 9.59 Å². The van der Waals surface area contributed by atoms with E-state index in [1.54, 1.807) is 30.3 Å². The summed E-state index contributed by atoms with van der Waals surface area (Å²) >= 11 is 0.890. The quantitative estimate of drug-likeness (QED) is 0.253. The van der Waals surface area contributed by atoms with Crippen molar-refractivity contribution in [3.63, 3.8) is 0 Å². The van der Waals surface area contributed by atoms with Gasteiger partial charge in [-0.3, -0.25) is 19.3 Å². The summed E-state index contributed by atoms with van der Waals surface area (Å²) < 4.78 is 11.5. The molecule has 0 spiro atoms. The highest BCUT2D eigenvalue weighted by molar-refractivity contribution is 8.18. The number of carbonyl (C=O) groups is 3. The molecule has 8 heteroatoms. The number of carbonyl (C=O) groups excluding carboxylic acids is 3. The number of nitrogens with zero attached hydrogens (tertiary/aromatic N) is 1. The minimum absolute atomic E-state index is 0.143. The van der Waals surface area contributed by atoms with Crippen molar-refractivity contribution in [2.45, 2.75) is 6.92 Å². The number of ether oxygens (including phenoxy) is 2. The van der Waals surface area contributed by atoms with E-state index in [1.165, 1.54) is 4.90 Å². The monoisotopic (exact) mass is 538 g/mol. The SMILES string of the molecule is Cc1ccc(NC(=O)COc2cccc(/C=C3\SC(=O)N(CCOc4cccc5ccccc45)C3=O)c2)cc1. The van der Waals surface area contributed by atoms with E-state index >= 15 is 0 Å². The van der Waals surface area contributed by atoms with Gasteiger partial charge in [0.05, 0.1) is 11.4 Å². The smallest absolute Gasteiger partial charge is 0.293 e. The van der Waals surface area contributed by atoms with Gasteiger partial charge in [-0.05, 0) is 66.0 Å². The molecule has 4 aromatic rings. The third-order valence-electron chi connectivity index (χ3n) is 6.06. The first kappa shape index (κ1) is 26.1. The molecule has 0 saturated carbocycles. The number of aryl methyl sites for hydroxylation is 1. The topological polar surface area (TPSA) is 84.9 Å². The zero-order chi connectivity index (χ0) is 27.2. The van der Waals surface area contributed by atoms with E-state index in [9.17, 15) is 14.4 Å². The fourth-order valence-corrected chi connectivity index (χ4v) is 4.95. The Labute approximate surface area is 230 Å². The first-order chi connectivity index (χ1) is 19.0. The van der Waals surface area contributed by atoms with E-state index in [1.807, 2.05) is 73.7 Å². The van der Waals surface area contributed by atoms with E-state index in [-0.39, 0.29) is 36.8 Å². The molecular formula is C31H26N2O5S. The summed E-state index contributed by atoms with van der Waals surface area (Å²) in [6.07, 6.45) is 1.65. The van der Waals surface area contributed by atoms with Gasteiger partial charge in [0, 0.05) is 11.1 Å². The van der Waals surface area contributed by atoms with Crippen molar-refractivity contribution in [1.29, 1.82) is 0 Å². The molecule has 0 radical (unpaired) electrons. The van der Waals surface area contributed by atoms with Crippen molar-refractivity contribution in [3.8, 4) is 11.5 Å². The fraction of sp³-hybridized carbons (Fsp3) is 0.129. The molecule has 1 aliphatic rings. The maximum Gasteiger partial charge on any atom is 0.293 e. The maximum absolute atomic E-state index is 12.9. The van der Waals surface area contributed by atoms with Crippen LogP contribution >= 0.6 is 11.8 Å². The first-order valence-electron chi connectivity index (χ1n) is 12.4. The Balaban J connectivity index is 1.17. The van der Waals surface area contributed by atoms with Crippen LogP contribution in [-0.4, -0.2) is 41.7 Å². The summed E-state index contributed by atoms with van der Waals surface area (Å²) in [5.74, 6) is 0.539. The van der Waals surface area contributed by atoms with Gasteiger partial charge in [0.15, 0.2) is 6.61 Å². The predicted octanol–water partition coefficient (Wildman–Crippen LogP) is 6.28. The number of hydrogen-bond donors (Lipinski definition) is 1. The molecule has 1 fully saturated rings. The molecule has 1 heterocycles. The summed E-state index contributed by atoms with van der Waals surface area (Å²) in [6.45, 7) is 2.15. The fourth-order valence-electron chi connectivity index (χ4n) is 4.09. The number of imide groups is 1. The van der Waals surface area contributed by atoms with E-state index in [2.05, 4.69) is 5.32 Å². The zero-order valence-electron chi connectivity index (χ0n) is 21.3. The van der Waals surface area contributed by atoms with Gasteiger partial charge in [-0.2, -0.15) is 0 Å². The molecule has 1 aliphatic heterocycles. The summed E-state index contributed by atoms with van der Waals surface area (Å²) in [4.78, 5) is 39.3. The molecule has 7 nitrogen and oxygen atoms in total. The van der Waals surface area contributed by atoms with Gasteiger partial charge in [0.2, 0.25) is 0 Å². The minimum atomic E-state index is -0.365. The van der Waals surface area contributed by atoms with Crippen LogP contribution in [0.15, 0.2) is 95.9 Å². The second kappa shape index (κ2) is 11.9. The number of hydrogen-bond acceptors (Lipinski definition) is 6. The molecule has 0 unspecified atom stereocenters. The predicted molar refractivity (Wildman–Crippen MR) is 154 cm³/mol. The number of fused-ring (bicyclic) bond motifs is 1. The molecule has 1 N–H and O–H groups in total. The highest BCUT2D eigenvalue weighted by atomic mass is 32.2. The van der Waals surface area contributed by atoms with Gasteiger partial charge in [-0.15, -0.1) is 0 Å². The summed E-state index contributed by atoms with van der Waals surface area (Å²) in [5.41, 5.74) is 2.48. The zero-order valence-corrected chi connectivity index (χ0v) is 22.1. The van der Waals surface area contributed by atoms with Gasteiger partial charge < -0.3 is 14.8 Å². The normalized spacial score (nSPS) is 14.2. The number of rotatable bonds is 9. The summed E-state index contributed by atoms with van der Waals surface area (Å²) in [7, 11) is 0. The average Bonchev–Trinajstić information content (AvgIpc) is 3.21. The Bertz CT molecular complexity index is 1560. The van der Waals surface area contributed by atoms with Gasteiger partial charge in [0.25, 0.3) is 17.1 Å². The van der Waals surface area contributed by atoms with Crippen molar-refractivity contribution in [2.24, 2.45) is 0 Å². The molecule has 0 bridgehead atoms.